The van der Waals surface area contributed by atoms with E-state index in [-0.39, 0.29) is 0 Å². The van der Waals surface area contributed by atoms with Crippen molar-refractivity contribution in [2.75, 3.05) is 0 Å². The van der Waals surface area contributed by atoms with Crippen LogP contribution in [-0.4, -0.2) is 38.9 Å². The molecule has 2 N–H and O–H groups in total. The van der Waals surface area contributed by atoms with Crippen molar-refractivity contribution in [2.24, 2.45) is 5.92 Å². The predicted molar refractivity (Wildman–Crippen MR) is 73.2 cm³/mol. The molecule has 7 nitrogen and oxygen atoms in total. The van der Waals surface area contributed by atoms with Crippen LogP contribution in [0.3, 0.4) is 0 Å². The molecule has 3 amide bonds. The summed E-state index contributed by atoms with van der Waals surface area (Å²) in [5.74, 6) is -2.18. The Balaban J connectivity index is 2.43. The van der Waals surface area contributed by atoms with Gasteiger partial charge in [-0.05, 0) is 18.9 Å². The molecule has 0 aromatic carbocycles. The summed E-state index contributed by atoms with van der Waals surface area (Å²) in [5, 5.41) is 11.9. The van der Waals surface area contributed by atoms with Gasteiger partial charge in [-0.25, -0.2) is 14.5 Å². The van der Waals surface area contributed by atoms with Crippen molar-refractivity contribution in [2.45, 2.75) is 32.4 Å². The number of carbonyl (C=O) groups excluding carboxylic acids is 2. The molecule has 0 bridgehead atoms. The number of pyridine rings is 1. The molecule has 0 spiro atoms. The summed E-state index contributed by atoms with van der Waals surface area (Å²) in [4.78, 5) is 40.9. The Labute approximate surface area is 122 Å². The molecule has 112 valence electrons. The van der Waals surface area contributed by atoms with Gasteiger partial charge in [-0.3, -0.25) is 9.78 Å². The Bertz CT molecular complexity index is 587. The first-order valence-electron chi connectivity index (χ1n) is 6.58. The van der Waals surface area contributed by atoms with Crippen molar-refractivity contribution in [3.63, 3.8) is 0 Å². The lowest BCUT2D eigenvalue weighted by Crippen LogP contribution is -2.49. The summed E-state index contributed by atoms with van der Waals surface area (Å²) in [6, 6.07) is 1.42. The second-order valence-electron chi connectivity index (χ2n) is 5.50. The molecule has 2 rings (SSSR count). The van der Waals surface area contributed by atoms with E-state index in [1.807, 2.05) is 0 Å². The molecule has 1 aromatic heterocycles. The Morgan fingerprint density at radius 2 is 2.10 bits per heavy atom. The molecular weight excluding hydrogens is 274 g/mol. The molecule has 2 atom stereocenters. The zero-order valence-corrected chi connectivity index (χ0v) is 12.0. The highest BCUT2D eigenvalue weighted by atomic mass is 16.4. The van der Waals surface area contributed by atoms with Crippen LogP contribution in [0.4, 0.5) is 4.79 Å². The maximum absolute atomic E-state index is 12.6. The van der Waals surface area contributed by atoms with Gasteiger partial charge in [0, 0.05) is 18.0 Å². The van der Waals surface area contributed by atoms with E-state index in [4.69, 9.17) is 0 Å². The molecule has 1 saturated heterocycles. The van der Waals surface area contributed by atoms with Gasteiger partial charge in [-0.15, -0.1) is 0 Å². The molecule has 21 heavy (non-hydrogen) atoms. The number of nitrogens with one attached hydrogen (secondary N) is 1. The zero-order chi connectivity index (χ0) is 15.8. The van der Waals surface area contributed by atoms with Crippen molar-refractivity contribution >= 4 is 17.9 Å². The van der Waals surface area contributed by atoms with Crippen LogP contribution in [0.2, 0.25) is 0 Å². The van der Waals surface area contributed by atoms with Crippen molar-refractivity contribution in [3.8, 4) is 0 Å². The van der Waals surface area contributed by atoms with E-state index in [1.54, 1.807) is 39.1 Å². The number of urea groups is 1. The number of carboxylic acids is 1. The number of amides is 3. The van der Waals surface area contributed by atoms with Crippen LogP contribution in [0.5, 0.6) is 0 Å². The number of carbonyl (C=O) groups is 3. The molecule has 0 radical (unpaired) electrons. The zero-order valence-electron chi connectivity index (χ0n) is 12.0. The summed E-state index contributed by atoms with van der Waals surface area (Å²) in [5.41, 5.74) is -0.785. The number of hydrogen-bond acceptors (Lipinski definition) is 4. The third-order valence-corrected chi connectivity index (χ3v) is 3.62. The number of imide groups is 1. The summed E-state index contributed by atoms with van der Waals surface area (Å²) in [7, 11) is 0. The highest BCUT2D eigenvalue weighted by molar-refractivity contribution is 6.09. The third kappa shape index (κ3) is 2.35. The highest BCUT2D eigenvalue weighted by Crippen LogP contribution is 2.30. The Hall–Kier alpha value is -2.44. The number of rotatable bonds is 4. The van der Waals surface area contributed by atoms with E-state index in [0.717, 1.165) is 4.90 Å². The second kappa shape index (κ2) is 5.16. The van der Waals surface area contributed by atoms with Gasteiger partial charge in [0.05, 0.1) is 0 Å². The molecule has 7 heteroatoms. The number of carboxylic acid groups (broad SMARTS) is 1. The molecule has 1 fully saturated rings. The SMILES string of the molecule is CC(C)C(C(=O)O)N1C(=O)NC(C)(c2cccnc2)C1=O. The first-order valence-corrected chi connectivity index (χ1v) is 6.58. The van der Waals surface area contributed by atoms with Crippen LogP contribution in [0.15, 0.2) is 24.5 Å². The Morgan fingerprint density at radius 1 is 1.43 bits per heavy atom. The van der Waals surface area contributed by atoms with Crippen molar-refractivity contribution in [1.29, 1.82) is 0 Å². The van der Waals surface area contributed by atoms with E-state index < -0.39 is 35.4 Å². The van der Waals surface area contributed by atoms with Gasteiger partial charge in [0.15, 0.2) is 0 Å². The van der Waals surface area contributed by atoms with Crippen LogP contribution in [0.1, 0.15) is 26.3 Å². The van der Waals surface area contributed by atoms with Crippen LogP contribution in [0.25, 0.3) is 0 Å². The van der Waals surface area contributed by atoms with E-state index in [9.17, 15) is 19.5 Å². The topological polar surface area (TPSA) is 99.6 Å². The summed E-state index contributed by atoms with van der Waals surface area (Å²) in [6.45, 7) is 4.85. The van der Waals surface area contributed by atoms with Crippen molar-refractivity contribution < 1.29 is 19.5 Å². The van der Waals surface area contributed by atoms with Crippen LogP contribution in [-0.2, 0) is 15.1 Å². The van der Waals surface area contributed by atoms with Gasteiger partial charge in [-0.1, -0.05) is 19.9 Å². The maximum atomic E-state index is 12.6. The molecule has 2 heterocycles. The van der Waals surface area contributed by atoms with E-state index >= 15 is 0 Å². The van der Waals surface area contributed by atoms with Gasteiger partial charge in [0.2, 0.25) is 0 Å². The average Bonchev–Trinajstić information content (AvgIpc) is 2.64. The summed E-state index contributed by atoms with van der Waals surface area (Å²) >= 11 is 0. The lowest BCUT2D eigenvalue weighted by Gasteiger charge is -2.26. The lowest BCUT2D eigenvalue weighted by atomic mass is 9.92. The van der Waals surface area contributed by atoms with Gasteiger partial charge < -0.3 is 10.4 Å². The third-order valence-electron chi connectivity index (χ3n) is 3.62. The van der Waals surface area contributed by atoms with E-state index in [2.05, 4.69) is 10.3 Å². The molecule has 1 aliphatic heterocycles. The molecule has 0 aliphatic carbocycles. The van der Waals surface area contributed by atoms with Gasteiger partial charge >= 0.3 is 12.0 Å². The minimum Gasteiger partial charge on any atom is -0.480 e. The largest absolute Gasteiger partial charge is 0.480 e. The number of nitrogens with zero attached hydrogens (tertiary/aromatic N) is 2. The van der Waals surface area contributed by atoms with Crippen LogP contribution < -0.4 is 5.32 Å². The van der Waals surface area contributed by atoms with Crippen LogP contribution >= 0.6 is 0 Å². The normalized spacial score (nSPS) is 23.3. The predicted octanol–water partition coefficient (Wildman–Crippen LogP) is 0.958. The fraction of sp³-hybridized carbons (Fsp3) is 0.429. The highest BCUT2D eigenvalue weighted by Gasteiger charge is 2.53. The number of aromatic nitrogens is 1. The molecule has 1 aromatic rings. The summed E-state index contributed by atoms with van der Waals surface area (Å²) in [6.07, 6.45) is 3.03. The monoisotopic (exact) mass is 291 g/mol. The van der Waals surface area contributed by atoms with E-state index in [1.165, 1.54) is 6.20 Å². The van der Waals surface area contributed by atoms with Gasteiger partial charge in [-0.2, -0.15) is 0 Å². The number of hydrogen-bond donors (Lipinski definition) is 2. The molecular formula is C14H17N3O4. The van der Waals surface area contributed by atoms with Gasteiger partial charge in [0.1, 0.15) is 11.6 Å². The van der Waals surface area contributed by atoms with Gasteiger partial charge in [0.25, 0.3) is 5.91 Å². The standard InChI is InChI=1S/C14H17N3O4/c1-8(2)10(11(18)19)17-12(20)14(3,16-13(17)21)9-5-4-6-15-7-9/h4-8,10H,1-3H3,(H,16,21)(H,18,19). The Morgan fingerprint density at radius 3 is 2.57 bits per heavy atom. The lowest BCUT2D eigenvalue weighted by molar-refractivity contribution is -0.149. The molecule has 2 unspecified atom stereocenters. The second-order valence-corrected chi connectivity index (χ2v) is 5.50. The first kappa shape index (κ1) is 15.0. The quantitative estimate of drug-likeness (QED) is 0.805. The minimum atomic E-state index is -1.30. The fourth-order valence-electron chi connectivity index (χ4n) is 2.46. The molecule has 0 saturated carbocycles. The first-order chi connectivity index (χ1) is 9.79. The van der Waals surface area contributed by atoms with E-state index in [0.29, 0.717) is 5.56 Å². The summed E-state index contributed by atoms with van der Waals surface area (Å²) < 4.78 is 0. The average molecular weight is 291 g/mol. The van der Waals surface area contributed by atoms with Crippen molar-refractivity contribution in [3.05, 3.63) is 30.1 Å². The van der Waals surface area contributed by atoms with Crippen molar-refractivity contribution in [1.82, 2.24) is 15.2 Å². The number of aliphatic carboxylic acids is 1. The maximum Gasteiger partial charge on any atom is 0.327 e. The molecule has 1 aliphatic rings. The minimum absolute atomic E-state index is 0.395. The smallest absolute Gasteiger partial charge is 0.327 e. The Kier molecular flexibility index (Phi) is 3.67. The van der Waals surface area contributed by atoms with Crippen LogP contribution in [0, 0.1) is 5.92 Å². The fourth-order valence-corrected chi connectivity index (χ4v) is 2.46.